The molecule has 1 aliphatic rings. The highest BCUT2D eigenvalue weighted by atomic mass is 16.2. The molecule has 1 heterocycles. The first kappa shape index (κ1) is 13.8. The molecule has 3 aromatic carbocycles. The topological polar surface area (TPSA) is 29.1 Å². The van der Waals surface area contributed by atoms with Gasteiger partial charge in [-0.2, -0.15) is 0 Å². The molecular weight excluding hydrogens is 282 g/mol. The fourth-order valence-corrected chi connectivity index (χ4v) is 3.43. The first-order valence-corrected chi connectivity index (χ1v) is 7.76. The van der Waals surface area contributed by atoms with E-state index in [9.17, 15) is 4.79 Å². The van der Waals surface area contributed by atoms with E-state index in [1.54, 1.807) is 0 Å². The maximum atomic E-state index is 12.6. The summed E-state index contributed by atoms with van der Waals surface area (Å²) in [5, 5.41) is 3.25. The predicted octanol–water partition coefficient (Wildman–Crippen LogP) is 4.03. The van der Waals surface area contributed by atoms with Crippen LogP contribution in [0.2, 0.25) is 0 Å². The normalized spacial score (nSPS) is 19.3. The Hall–Kier alpha value is -2.87. The van der Waals surface area contributed by atoms with Crippen LogP contribution >= 0.6 is 0 Å². The Balaban J connectivity index is 2.04. The van der Waals surface area contributed by atoms with E-state index in [1.807, 2.05) is 42.5 Å². The van der Waals surface area contributed by atoms with Gasteiger partial charge in [-0.25, -0.2) is 0 Å². The average molecular weight is 299 g/mol. The number of rotatable bonds is 2. The third-order valence-electron chi connectivity index (χ3n) is 4.57. The first-order valence-electron chi connectivity index (χ1n) is 7.76. The van der Waals surface area contributed by atoms with Crippen LogP contribution in [0.3, 0.4) is 0 Å². The lowest BCUT2D eigenvalue weighted by atomic mass is 9.78. The van der Waals surface area contributed by atoms with E-state index < -0.39 is 5.54 Å². The Morgan fingerprint density at radius 3 is 2.09 bits per heavy atom. The standard InChI is InChI=1S/C21H17NO/c1-15-11-13-17(14-12-15)21(16-7-3-2-4-8-16)19-10-6-5-9-18(19)20(23)22-21/h2-14H,1H3,(H,22,23)/t21-/m0/s1. The van der Waals surface area contributed by atoms with Gasteiger partial charge >= 0.3 is 0 Å². The number of carbonyl (C=O) groups is 1. The van der Waals surface area contributed by atoms with E-state index in [2.05, 4.69) is 48.6 Å². The number of hydrogen-bond acceptors (Lipinski definition) is 1. The second-order valence-corrected chi connectivity index (χ2v) is 5.98. The van der Waals surface area contributed by atoms with Crippen molar-refractivity contribution in [1.82, 2.24) is 5.32 Å². The van der Waals surface area contributed by atoms with Gasteiger partial charge in [-0.3, -0.25) is 4.79 Å². The maximum absolute atomic E-state index is 12.6. The van der Waals surface area contributed by atoms with Crippen LogP contribution in [-0.2, 0) is 5.54 Å². The van der Waals surface area contributed by atoms with Crippen LogP contribution in [-0.4, -0.2) is 5.91 Å². The highest BCUT2D eigenvalue weighted by Crippen LogP contribution is 2.42. The van der Waals surface area contributed by atoms with Crippen LogP contribution in [0.15, 0.2) is 78.9 Å². The van der Waals surface area contributed by atoms with Crippen molar-refractivity contribution in [1.29, 1.82) is 0 Å². The molecule has 0 saturated carbocycles. The summed E-state index contributed by atoms with van der Waals surface area (Å²) in [6, 6.07) is 26.4. The van der Waals surface area contributed by atoms with Crippen molar-refractivity contribution in [2.75, 3.05) is 0 Å². The molecule has 2 heteroatoms. The van der Waals surface area contributed by atoms with Gasteiger partial charge in [0.1, 0.15) is 5.54 Å². The van der Waals surface area contributed by atoms with Crippen molar-refractivity contribution in [3.8, 4) is 0 Å². The minimum atomic E-state index is -0.622. The molecule has 1 atom stereocenters. The van der Waals surface area contributed by atoms with Gasteiger partial charge in [-0.05, 0) is 29.7 Å². The molecule has 1 amide bonds. The summed E-state index contributed by atoms with van der Waals surface area (Å²) in [5.41, 5.74) is 4.49. The summed E-state index contributed by atoms with van der Waals surface area (Å²) in [6.45, 7) is 2.07. The number of amides is 1. The minimum absolute atomic E-state index is 0.0231. The van der Waals surface area contributed by atoms with Gasteiger partial charge in [-0.1, -0.05) is 78.4 Å². The average Bonchev–Trinajstić information content (AvgIpc) is 2.91. The van der Waals surface area contributed by atoms with Crippen molar-refractivity contribution >= 4 is 5.91 Å². The highest BCUT2D eigenvalue weighted by molar-refractivity contribution is 6.01. The summed E-state index contributed by atoms with van der Waals surface area (Å²) >= 11 is 0. The summed E-state index contributed by atoms with van der Waals surface area (Å²) < 4.78 is 0. The van der Waals surface area contributed by atoms with Crippen LogP contribution in [0.25, 0.3) is 0 Å². The Bertz CT molecular complexity index is 868. The van der Waals surface area contributed by atoms with Gasteiger partial charge in [0.05, 0.1) is 0 Å². The Kier molecular flexibility index (Phi) is 3.05. The highest BCUT2D eigenvalue weighted by Gasteiger charge is 2.45. The van der Waals surface area contributed by atoms with E-state index >= 15 is 0 Å². The fraction of sp³-hybridized carbons (Fsp3) is 0.0952. The van der Waals surface area contributed by atoms with Crippen LogP contribution < -0.4 is 5.32 Å². The number of benzene rings is 3. The number of hydrogen-bond donors (Lipinski definition) is 1. The monoisotopic (exact) mass is 299 g/mol. The van der Waals surface area contributed by atoms with E-state index in [1.165, 1.54) is 5.56 Å². The fourth-order valence-electron chi connectivity index (χ4n) is 3.43. The molecule has 0 aromatic heterocycles. The van der Waals surface area contributed by atoms with Gasteiger partial charge < -0.3 is 5.32 Å². The Morgan fingerprint density at radius 1 is 0.739 bits per heavy atom. The molecule has 0 radical (unpaired) electrons. The van der Waals surface area contributed by atoms with Crippen molar-refractivity contribution in [3.63, 3.8) is 0 Å². The lowest BCUT2D eigenvalue weighted by molar-refractivity contribution is 0.0948. The van der Waals surface area contributed by atoms with E-state index in [4.69, 9.17) is 0 Å². The molecule has 2 nitrogen and oxygen atoms in total. The molecule has 0 unspecified atom stereocenters. The SMILES string of the molecule is Cc1ccc([C@]2(c3ccccc3)NC(=O)c3ccccc32)cc1. The van der Waals surface area contributed by atoms with Crippen molar-refractivity contribution in [2.24, 2.45) is 0 Å². The number of aryl methyl sites for hydroxylation is 1. The van der Waals surface area contributed by atoms with Gasteiger partial charge in [0.2, 0.25) is 0 Å². The molecule has 1 N–H and O–H groups in total. The Morgan fingerprint density at radius 2 is 1.35 bits per heavy atom. The molecule has 23 heavy (non-hydrogen) atoms. The number of carbonyl (C=O) groups excluding carboxylic acids is 1. The van der Waals surface area contributed by atoms with E-state index in [0.29, 0.717) is 0 Å². The summed E-state index contributed by atoms with van der Waals surface area (Å²) in [7, 11) is 0. The summed E-state index contributed by atoms with van der Waals surface area (Å²) in [5.74, 6) is -0.0231. The van der Waals surface area contributed by atoms with Crippen LogP contribution in [0.4, 0.5) is 0 Å². The quantitative estimate of drug-likeness (QED) is 0.760. The first-order chi connectivity index (χ1) is 11.2. The van der Waals surface area contributed by atoms with Crippen LogP contribution in [0.1, 0.15) is 32.6 Å². The molecule has 112 valence electrons. The number of nitrogens with one attached hydrogen (secondary N) is 1. The molecule has 3 aromatic rings. The van der Waals surface area contributed by atoms with Crippen molar-refractivity contribution in [2.45, 2.75) is 12.5 Å². The molecular formula is C21H17NO. The van der Waals surface area contributed by atoms with Gasteiger partial charge in [0, 0.05) is 5.56 Å². The van der Waals surface area contributed by atoms with Gasteiger partial charge in [-0.15, -0.1) is 0 Å². The molecule has 1 aliphatic heterocycles. The lowest BCUT2D eigenvalue weighted by Gasteiger charge is -2.32. The van der Waals surface area contributed by atoms with Crippen molar-refractivity contribution in [3.05, 3.63) is 107 Å². The Labute approximate surface area is 135 Å². The van der Waals surface area contributed by atoms with Crippen LogP contribution in [0.5, 0.6) is 0 Å². The third-order valence-corrected chi connectivity index (χ3v) is 4.57. The van der Waals surface area contributed by atoms with Crippen LogP contribution in [0, 0.1) is 6.92 Å². The van der Waals surface area contributed by atoms with E-state index in [0.717, 1.165) is 22.3 Å². The smallest absolute Gasteiger partial charge is 0.252 e. The second-order valence-electron chi connectivity index (χ2n) is 5.98. The van der Waals surface area contributed by atoms with E-state index in [-0.39, 0.29) is 5.91 Å². The van der Waals surface area contributed by atoms with Gasteiger partial charge in [0.25, 0.3) is 5.91 Å². The summed E-state index contributed by atoms with van der Waals surface area (Å²) in [6.07, 6.45) is 0. The third kappa shape index (κ3) is 1.99. The minimum Gasteiger partial charge on any atom is -0.334 e. The van der Waals surface area contributed by atoms with Gasteiger partial charge in [0.15, 0.2) is 0 Å². The predicted molar refractivity (Wildman–Crippen MR) is 91.4 cm³/mol. The van der Waals surface area contributed by atoms with Crippen molar-refractivity contribution < 1.29 is 4.79 Å². The molecule has 0 aliphatic carbocycles. The maximum Gasteiger partial charge on any atom is 0.252 e. The zero-order chi connectivity index (χ0) is 15.9. The largest absolute Gasteiger partial charge is 0.334 e. The molecule has 4 rings (SSSR count). The molecule has 0 saturated heterocycles. The number of fused-ring (bicyclic) bond motifs is 1. The zero-order valence-electron chi connectivity index (χ0n) is 12.9. The summed E-state index contributed by atoms with van der Waals surface area (Å²) in [4.78, 5) is 12.6. The molecule has 0 bridgehead atoms. The zero-order valence-corrected chi connectivity index (χ0v) is 12.9. The molecule has 0 spiro atoms. The second kappa shape index (κ2) is 5.10. The molecule has 0 fully saturated rings. The lowest BCUT2D eigenvalue weighted by Crippen LogP contribution is -2.41.